The predicted octanol–water partition coefficient (Wildman–Crippen LogP) is 2.09. The Morgan fingerprint density at radius 1 is 1.37 bits per heavy atom. The first-order valence-corrected chi connectivity index (χ1v) is 12.0. The molecule has 0 rings (SSSR count). The third-order valence-corrected chi connectivity index (χ3v) is 13.7. The molecular formula is C9H19N2O3PS4. The van der Waals surface area contributed by atoms with Crippen LogP contribution in [0.5, 0.6) is 0 Å². The fourth-order valence-electron chi connectivity index (χ4n) is 1.10. The van der Waals surface area contributed by atoms with Crippen LogP contribution in [0.4, 0.5) is 0 Å². The number of carbonyl (C=O) groups is 1. The molecular weight excluding hydrogens is 343 g/mol. The van der Waals surface area contributed by atoms with Gasteiger partial charge in [0.1, 0.15) is 0 Å². The summed E-state index contributed by atoms with van der Waals surface area (Å²) in [7, 11) is -0.540. The standard InChI is InChI=1S/C9H19N2O3PS4/c1-6-7-18-15(17,11(4)19(5,13)14)10(3)9(12)8(2)16/h6-7H2,1-5H3. The number of nitrogens with zero attached hydrogens (tertiary/aromatic N) is 2. The molecule has 0 aliphatic heterocycles. The summed E-state index contributed by atoms with van der Waals surface area (Å²) in [6.45, 7) is 3.48. The number of amides is 1. The highest BCUT2D eigenvalue weighted by Gasteiger charge is 2.36. The molecule has 0 saturated heterocycles. The van der Waals surface area contributed by atoms with E-state index in [9.17, 15) is 13.2 Å². The number of sulfonamides is 1. The van der Waals surface area contributed by atoms with Gasteiger partial charge in [0.15, 0.2) is 5.54 Å². The van der Waals surface area contributed by atoms with Crippen molar-refractivity contribution in [3.05, 3.63) is 0 Å². The molecule has 0 aromatic carbocycles. The Hall–Kier alpha value is 0.470. The Labute approximate surface area is 130 Å². The summed E-state index contributed by atoms with van der Waals surface area (Å²) in [6, 6.07) is 0. The minimum atomic E-state index is -3.47. The summed E-state index contributed by atoms with van der Waals surface area (Å²) in [6.07, 6.45) is 1.93. The molecule has 10 heteroatoms. The van der Waals surface area contributed by atoms with E-state index in [1.807, 2.05) is 6.92 Å². The molecule has 0 aromatic heterocycles. The van der Waals surface area contributed by atoms with Gasteiger partial charge in [-0.2, -0.15) is 0 Å². The quantitative estimate of drug-likeness (QED) is 0.511. The zero-order valence-corrected chi connectivity index (χ0v) is 15.8. The number of rotatable bonds is 7. The van der Waals surface area contributed by atoms with E-state index in [-0.39, 0.29) is 4.86 Å². The molecule has 0 N–H and O–H groups in total. The number of carbonyl (C=O) groups excluding carboxylic acids is 1. The zero-order chi connectivity index (χ0) is 15.4. The van der Waals surface area contributed by atoms with Crippen LogP contribution in [0.2, 0.25) is 0 Å². The highest BCUT2D eigenvalue weighted by Crippen LogP contribution is 2.64. The summed E-state index contributed by atoms with van der Waals surface area (Å²) in [5.74, 6) is 0.294. The summed E-state index contributed by atoms with van der Waals surface area (Å²) in [5.41, 5.74) is -2.76. The van der Waals surface area contributed by atoms with E-state index in [4.69, 9.17) is 24.0 Å². The van der Waals surface area contributed by atoms with Gasteiger partial charge in [-0.3, -0.25) is 9.46 Å². The van der Waals surface area contributed by atoms with Gasteiger partial charge < -0.3 is 0 Å². The molecule has 5 nitrogen and oxygen atoms in total. The van der Waals surface area contributed by atoms with Crippen molar-refractivity contribution in [2.45, 2.75) is 20.3 Å². The molecule has 0 aliphatic rings. The molecule has 19 heavy (non-hydrogen) atoms. The Balaban J connectivity index is 5.60. The van der Waals surface area contributed by atoms with Crippen LogP contribution in [0.3, 0.4) is 0 Å². The van der Waals surface area contributed by atoms with Crippen molar-refractivity contribution in [2.75, 3.05) is 26.1 Å². The normalized spacial score (nSPS) is 15.1. The maximum absolute atomic E-state index is 12.0. The zero-order valence-electron chi connectivity index (χ0n) is 11.6. The van der Waals surface area contributed by atoms with Gasteiger partial charge in [0.2, 0.25) is 10.0 Å². The van der Waals surface area contributed by atoms with E-state index in [1.165, 1.54) is 37.1 Å². The molecule has 0 fully saturated rings. The third kappa shape index (κ3) is 5.06. The first-order chi connectivity index (χ1) is 8.48. The maximum atomic E-state index is 12.0. The molecule has 0 radical (unpaired) electrons. The van der Waals surface area contributed by atoms with Crippen LogP contribution in [-0.2, 0) is 26.6 Å². The highest BCUT2D eigenvalue weighted by molar-refractivity contribution is 8.70. The van der Waals surface area contributed by atoms with Gasteiger partial charge >= 0.3 is 0 Å². The van der Waals surface area contributed by atoms with Crippen LogP contribution in [-0.4, -0.2) is 54.0 Å². The number of hydrogen-bond donors (Lipinski definition) is 0. The van der Waals surface area contributed by atoms with Crippen molar-refractivity contribution >= 4 is 61.7 Å². The van der Waals surface area contributed by atoms with E-state index in [0.717, 1.165) is 16.8 Å². The fourth-order valence-corrected chi connectivity index (χ4v) is 10.6. The Kier molecular flexibility index (Phi) is 7.66. The van der Waals surface area contributed by atoms with Crippen LogP contribution in [0, 0.1) is 0 Å². The molecule has 0 aliphatic carbocycles. The summed E-state index contributed by atoms with van der Waals surface area (Å²) >= 11 is 11.7. The van der Waals surface area contributed by atoms with Gasteiger partial charge in [-0.1, -0.05) is 30.5 Å². The molecule has 1 unspecified atom stereocenters. The second kappa shape index (κ2) is 7.47. The van der Waals surface area contributed by atoms with Crippen LogP contribution in [0.25, 0.3) is 0 Å². The Morgan fingerprint density at radius 2 is 1.84 bits per heavy atom. The summed E-state index contributed by atoms with van der Waals surface area (Å²) < 4.78 is 25.9. The van der Waals surface area contributed by atoms with E-state index >= 15 is 0 Å². The minimum Gasteiger partial charge on any atom is -0.293 e. The molecule has 1 amide bonds. The van der Waals surface area contributed by atoms with E-state index < -0.39 is 21.5 Å². The summed E-state index contributed by atoms with van der Waals surface area (Å²) in [4.78, 5) is 12.2. The molecule has 112 valence electrons. The lowest BCUT2D eigenvalue weighted by Crippen LogP contribution is -2.35. The molecule has 0 saturated carbocycles. The predicted molar refractivity (Wildman–Crippen MR) is 90.7 cm³/mol. The van der Waals surface area contributed by atoms with Crippen LogP contribution in [0.1, 0.15) is 20.3 Å². The van der Waals surface area contributed by atoms with Crippen molar-refractivity contribution in [3.8, 4) is 0 Å². The van der Waals surface area contributed by atoms with Crippen LogP contribution in [0.15, 0.2) is 0 Å². The maximum Gasteiger partial charge on any atom is 0.265 e. The van der Waals surface area contributed by atoms with Gasteiger partial charge in [0.25, 0.3) is 5.91 Å². The highest BCUT2D eigenvalue weighted by atomic mass is 32.9. The monoisotopic (exact) mass is 362 g/mol. The van der Waals surface area contributed by atoms with Crippen molar-refractivity contribution in [3.63, 3.8) is 0 Å². The SMILES string of the molecule is CCCSP(=S)(N(C)C(=O)C(C)=S)N(C)S(C)(=O)=O. The Morgan fingerprint density at radius 3 is 2.16 bits per heavy atom. The lowest BCUT2D eigenvalue weighted by atomic mass is 10.5. The minimum absolute atomic E-state index is 0.177. The van der Waals surface area contributed by atoms with Gasteiger partial charge in [-0.15, -0.1) is 4.08 Å². The lowest BCUT2D eigenvalue weighted by Gasteiger charge is -2.36. The van der Waals surface area contributed by atoms with Crippen LogP contribution >= 0.6 is 29.1 Å². The van der Waals surface area contributed by atoms with Crippen molar-refractivity contribution in [1.29, 1.82) is 0 Å². The van der Waals surface area contributed by atoms with E-state index in [0.29, 0.717) is 5.75 Å². The average molecular weight is 363 g/mol. The van der Waals surface area contributed by atoms with Gasteiger partial charge in [0, 0.05) is 19.8 Å². The van der Waals surface area contributed by atoms with Gasteiger partial charge in [-0.05, 0) is 25.2 Å². The number of hydrogen-bond acceptors (Lipinski definition) is 6. The van der Waals surface area contributed by atoms with Crippen molar-refractivity contribution in [2.24, 2.45) is 0 Å². The number of thiocarbonyl (C=S) groups is 1. The van der Waals surface area contributed by atoms with E-state index in [1.54, 1.807) is 0 Å². The first-order valence-electron chi connectivity index (χ1n) is 5.46. The lowest BCUT2D eigenvalue weighted by molar-refractivity contribution is -0.118. The topological polar surface area (TPSA) is 57.7 Å². The second-order valence-electron chi connectivity index (χ2n) is 3.91. The molecule has 0 aromatic rings. The summed E-state index contributed by atoms with van der Waals surface area (Å²) in [5, 5.41) is 0. The largest absolute Gasteiger partial charge is 0.293 e. The van der Waals surface area contributed by atoms with Crippen molar-refractivity contribution in [1.82, 2.24) is 8.75 Å². The second-order valence-corrected chi connectivity index (χ2v) is 14.2. The van der Waals surface area contributed by atoms with Gasteiger partial charge in [-0.25, -0.2) is 8.42 Å². The third-order valence-electron chi connectivity index (χ3n) is 2.27. The fraction of sp³-hybridized carbons (Fsp3) is 0.778. The van der Waals surface area contributed by atoms with Crippen molar-refractivity contribution < 1.29 is 13.2 Å². The molecule has 0 heterocycles. The van der Waals surface area contributed by atoms with Crippen LogP contribution < -0.4 is 0 Å². The van der Waals surface area contributed by atoms with E-state index in [2.05, 4.69) is 0 Å². The molecule has 0 spiro atoms. The average Bonchev–Trinajstić information content (AvgIpc) is 2.31. The first kappa shape index (κ1) is 19.5. The molecule has 0 bridgehead atoms. The van der Waals surface area contributed by atoms with Gasteiger partial charge in [0.05, 0.1) is 11.1 Å². The smallest absolute Gasteiger partial charge is 0.265 e. The Bertz CT molecular complexity index is 506. The molecule has 1 atom stereocenters.